The van der Waals surface area contributed by atoms with Gasteiger partial charge in [-0.1, -0.05) is 19.1 Å². The van der Waals surface area contributed by atoms with Crippen molar-refractivity contribution in [2.24, 2.45) is 0 Å². The molecule has 1 aromatic heterocycles. The smallest absolute Gasteiger partial charge is 0.130 e. The van der Waals surface area contributed by atoms with Gasteiger partial charge in [-0.05, 0) is 49.6 Å². The van der Waals surface area contributed by atoms with Crippen molar-refractivity contribution in [3.05, 3.63) is 53.2 Å². The van der Waals surface area contributed by atoms with Crippen molar-refractivity contribution in [1.29, 1.82) is 0 Å². The second kappa shape index (κ2) is 7.11. The first-order valence-corrected chi connectivity index (χ1v) is 7.57. The molecular weight excluding hydrogens is 258 g/mol. The van der Waals surface area contributed by atoms with Crippen LogP contribution < -0.4 is 10.2 Å². The summed E-state index contributed by atoms with van der Waals surface area (Å²) < 4.78 is 0. The predicted molar refractivity (Wildman–Crippen MR) is 91.0 cm³/mol. The molecule has 0 spiro atoms. The zero-order valence-electron chi connectivity index (χ0n) is 13.5. The molecule has 0 radical (unpaired) electrons. The van der Waals surface area contributed by atoms with Crippen molar-refractivity contribution in [1.82, 2.24) is 4.98 Å². The van der Waals surface area contributed by atoms with Gasteiger partial charge in [-0.2, -0.15) is 0 Å². The molecule has 0 fully saturated rings. The van der Waals surface area contributed by atoms with Gasteiger partial charge in [-0.3, -0.25) is 0 Å². The van der Waals surface area contributed by atoms with Crippen LogP contribution in [-0.4, -0.2) is 18.6 Å². The summed E-state index contributed by atoms with van der Waals surface area (Å²) in [5.74, 6) is 0.996. The fourth-order valence-electron chi connectivity index (χ4n) is 2.49. The van der Waals surface area contributed by atoms with Gasteiger partial charge in [0.15, 0.2) is 0 Å². The molecule has 0 aliphatic carbocycles. The van der Waals surface area contributed by atoms with Gasteiger partial charge in [0, 0.05) is 37.6 Å². The number of pyridine rings is 1. The molecule has 112 valence electrons. The minimum atomic E-state index is 0.850. The van der Waals surface area contributed by atoms with Crippen molar-refractivity contribution in [3.8, 4) is 0 Å². The molecule has 0 bridgehead atoms. The molecule has 21 heavy (non-hydrogen) atoms. The fourth-order valence-corrected chi connectivity index (χ4v) is 2.49. The number of nitrogens with one attached hydrogen (secondary N) is 1. The summed E-state index contributed by atoms with van der Waals surface area (Å²) >= 11 is 0. The Morgan fingerprint density at radius 1 is 1.14 bits per heavy atom. The average Bonchev–Trinajstić information content (AvgIpc) is 2.45. The van der Waals surface area contributed by atoms with Gasteiger partial charge in [0.1, 0.15) is 5.82 Å². The topological polar surface area (TPSA) is 28.2 Å². The third-order valence-electron chi connectivity index (χ3n) is 3.49. The maximum absolute atomic E-state index is 4.46. The van der Waals surface area contributed by atoms with Gasteiger partial charge in [0.05, 0.1) is 0 Å². The quantitative estimate of drug-likeness (QED) is 0.863. The zero-order valence-corrected chi connectivity index (χ0v) is 13.5. The fraction of sp³-hybridized carbons (Fsp3) is 0.389. The standard InChI is InChI=1S/C18H25N3/c1-5-8-19-18-16(7-6-9-20-18)13-21(4)17-11-14(2)10-15(3)12-17/h6-7,9-12H,5,8,13H2,1-4H3,(H,19,20). The van der Waals surface area contributed by atoms with E-state index in [-0.39, 0.29) is 0 Å². The van der Waals surface area contributed by atoms with E-state index in [9.17, 15) is 0 Å². The van der Waals surface area contributed by atoms with Crippen molar-refractivity contribution in [2.75, 3.05) is 23.8 Å². The van der Waals surface area contributed by atoms with Crippen molar-refractivity contribution in [3.63, 3.8) is 0 Å². The van der Waals surface area contributed by atoms with Gasteiger partial charge in [-0.15, -0.1) is 0 Å². The molecule has 2 aromatic rings. The lowest BCUT2D eigenvalue weighted by Gasteiger charge is -2.22. The first-order chi connectivity index (χ1) is 10.1. The molecule has 1 heterocycles. The van der Waals surface area contributed by atoms with Crippen LogP contribution >= 0.6 is 0 Å². The maximum atomic E-state index is 4.46. The van der Waals surface area contributed by atoms with Gasteiger partial charge in [0.2, 0.25) is 0 Å². The maximum Gasteiger partial charge on any atom is 0.130 e. The molecule has 1 aromatic carbocycles. The number of rotatable bonds is 6. The Kier molecular flexibility index (Phi) is 5.20. The summed E-state index contributed by atoms with van der Waals surface area (Å²) in [6.45, 7) is 8.25. The van der Waals surface area contributed by atoms with E-state index in [0.717, 1.165) is 25.3 Å². The molecule has 3 heteroatoms. The molecule has 2 rings (SSSR count). The lowest BCUT2D eigenvalue weighted by molar-refractivity contribution is 0.902. The largest absolute Gasteiger partial charge is 0.370 e. The molecule has 0 aliphatic rings. The van der Waals surface area contributed by atoms with E-state index >= 15 is 0 Å². The SMILES string of the molecule is CCCNc1ncccc1CN(C)c1cc(C)cc(C)c1. The summed E-state index contributed by atoms with van der Waals surface area (Å²) in [7, 11) is 2.13. The average molecular weight is 283 g/mol. The Morgan fingerprint density at radius 2 is 1.86 bits per heavy atom. The van der Waals surface area contributed by atoms with E-state index in [1.54, 1.807) is 0 Å². The first kappa shape index (κ1) is 15.4. The summed E-state index contributed by atoms with van der Waals surface area (Å²) in [5, 5.41) is 3.40. The highest BCUT2D eigenvalue weighted by Gasteiger charge is 2.08. The molecule has 1 N–H and O–H groups in total. The molecule has 0 saturated heterocycles. The summed E-state index contributed by atoms with van der Waals surface area (Å²) in [6, 6.07) is 10.8. The van der Waals surface area contributed by atoms with E-state index < -0.39 is 0 Å². The van der Waals surface area contributed by atoms with Crippen LogP contribution in [0.25, 0.3) is 0 Å². The predicted octanol–water partition coefficient (Wildman–Crippen LogP) is 4.16. The summed E-state index contributed by atoms with van der Waals surface area (Å²) in [6.07, 6.45) is 2.95. The van der Waals surface area contributed by atoms with Gasteiger partial charge < -0.3 is 10.2 Å². The Labute approximate surface area is 128 Å². The lowest BCUT2D eigenvalue weighted by Crippen LogP contribution is -2.18. The minimum Gasteiger partial charge on any atom is -0.370 e. The van der Waals surface area contributed by atoms with E-state index in [1.807, 2.05) is 12.3 Å². The van der Waals surface area contributed by atoms with E-state index in [0.29, 0.717) is 0 Å². The number of aromatic nitrogens is 1. The zero-order chi connectivity index (χ0) is 15.2. The van der Waals surface area contributed by atoms with Gasteiger partial charge >= 0.3 is 0 Å². The third-order valence-corrected chi connectivity index (χ3v) is 3.49. The Bertz CT molecular complexity index is 573. The second-order valence-electron chi connectivity index (χ2n) is 5.64. The van der Waals surface area contributed by atoms with Crippen LogP contribution in [0.5, 0.6) is 0 Å². The molecular formula is C18H25N3. The van der Waals surface area contributed by atoms with E-state index in [2.05, 4.69) is 67.3 Å². The number of hydrogen-bond donors (Lipinski definition) is 1. The molecule has 0 aliphatic heterocycles. The number of benzene rings is 1. The number of hydrogen-bond acceptors (Lipinski definition) is 3. The lowest BCUT2D eigenvalue weighted by atomic mass is 10.1. The summed E-state index contributed by atoms with van der Waals surface area (Å²) in [4.78, 5) is 6.73. The normalized spacial score (nSPS) is 10.5. The van der Waals surface area contributed by atoms with Crippen LogP contribution in [0.1, 0.15) is 30.0 Å². The molecule has 0 saturated carbocycles. The van der Waals surface area contributed by atoms with Crippen LogP contribution in [0.15, 0.2) is 36.5 Å². The second-order valence-corrected chi connectivity index (χ2v) is 5.64. The van der Waals surface area contributed by atoms with Gasteiger partial charge in [0.25, 0.3) is 0 Å². The number of nitrogens with zero attached hydrogens (tertiary/aromatic N) is 2. The third kappa shape index (κ3) is 4.22. The molecule has 3 nitrogen and oxygen atoms in total. The van der Waals surface area contributed by atoms with Gasteiger partial charge in [-0.25, -0.2) is 4.98 Å². The highest BCUT2D eigenvalue weighted by Crippen LogP contribution is 2.21. The van der Waals surface area contributed by atoms with Crippen molar-refractivity contribution in [2.45, 2.75) is 33.7 Å². The Balaban J connectivity index is 2.17. The number of anilines is 2. The molecule has 0 atom stereocenters. The van der Waals surface area contributed by atoms with Crippen LogP contribution in [-0.2, 0) is 6.54 Å². The Morgan fingerprint density at radius 3 is 2.52 bits per heavy atom. The summed E-state index contributed by atoms with van der Waals surface area (Å²) in [5.41, 5.74) is 5.07. The minimum absolute atomic E-state index is 0.850. The van der Waals surface area contributed by atoms with Crippen LogP contribution in [0.2, 0.25) is 0 Å². The van der Waals surface area contributed by atoms with E-state index in [4.69, 9.17) is 0 Å². The van der Waals surface area contributed by atoms with Crippen molar-refractivity contribution >= 4 is 11.5 Å². The van der Waals surface area contributed by atoms with Crippen LogP contribution in [0.4, 0.5) is 11.5 Å². The molecule has 0 amide bonds. The van der Waals surface area contributed by atoms with Crippen molar-refractivity contribution < 1.29 is 0 Å². The molecule has 0 unspecified atom stereocenters. The van der Waals surface area contributed by atoms with E-state index in [1.165, 1.54) is 22.4 Å². The highest BCUT2D eigenvalue weighted by atomic mass is 15.1. The monoisotopic (exact) mass is 283 g/mol. The highest BCUT2D eigenvalue weighted by molar-refractivity contribution is 5.53. The first-order valence-electron chi connectivity index (χ1n) is 7.57. The number of aryl methyl sites for hydroxylation is 2. The Hall–Kier alpha value is -2.03. The van der Waals surface area contributed by atoms with Crippen LogP contribution in [0.3, 0.4) is 0 Å². The van der Waals surface area contributed by atoms with Crippen LogP contribution in [0, 0.1) is 13.8 Å².